The Morgan fingerprint density at radius 2 is 2.00 bits per heavy atom. The number of alkyl halides is 1. The van der Waals surface area contributed by atoms with Crippen LogP contribution in [0.3, 0.4) is 0 Å². The molecule has 0 bridgehead atoms. The van der Waals surface area contributed by atoms with E-state index in [1.807, 2.05) is 6.92 Å². The molecule has 78 valence electrons. The van der Waals surface area contributed by atoms with Gasteiger partial charge in [0.15, 0.2) is 0 Å². The summed E-state index contributed by atoms with van der Waals surface area (Å²) in [7, 11) is 0. The highest BCUT2D eigenvalue weighted by Gasteiger charge is 2.43. The molecule has 13 heavy (non-hydrogen) atoms. The molecule has 1 rings (SSSR count). The molecule has 1 fully saturated rings. The molecule has 1 saturated carbocycles. The van der Waals surface area contributed by atoms with Crippen molar-refractivity contribution in [1.82, 2.24) is 0 Å². The van der Waals surface area contributed by atoms with E-state index in [0.29, 0.717) is 6.61 Å². The molecule has 2 nitrogen and oxygen atoms in total. The van der Waals surface area contributed by atoms with Crippen LogP contribution in [0.15, 0.2) is 0 Å². The van der Waals surface area contributed by atoms with E-state index < -0.39 is 0 Å². The molecule has 0 amide bonds. The number of ether oxygens (including phenoxy) is 2. The molecular formula is C10H19ClO2. The Morgan fingerprint density at radius 1 is 1.38 bits per heavy atom. The van der Waals surface area contributed by atoms with Gasteiger partial charge in [0.1, 0.15) is 6.10 Å². The summed E-state index contributed by atoms with van der Waals surface area (Å²) in [6.45, 7) is 8.85. The average molecular weight is 207 g/mol. The van der Waals surface area contributed by atoms with Crippen molar-refractivity contribution in [2.45, 2.75) is 57.3 Å². The van der Waals surface area contributed by atoms with Gasteiger partial charge in [-0.05, 0) is 34.1 Å². The maximum atomic E-state index is 6.01. The fraction of sp³-hybridized carbons (Fsp3) is 1.00. The Labute approximate surface area is 85.5 Å². The molecule has 0 saturated heterocycles. The lowest BCUT2D eigenvalue weighted by molar-refractivity contribution is -0.168. The number of halogens is 1. The molecule has 0 aromatic heterocycles. The van der Waals surface area contributed by atoms with Gasteiger partial charge in [0.05, 0.1) is 17.1 Å². The van der Waals surface area contributed by atoms with Crippen LogP contribution < -0.4 is 0 Å². The Bertz CT molecular complexity index is 165. The van der Waals surface area contributed by atoms with Gasteiger partial charge in [0.25, 0.3) is 0 Å². The molecule has 0 N–H and O–H groups in total. The summed E-state index contributed by atoms with van der Waals surface area (Å²) in [6, 6.07) is 0. The predicted octanol–water partition coefficient (Wildman–Crippen LogP) is 2.59. The van der Waals surface area contributed by atoms with Gasteiger partial charge >= 0.3 is 0 Å². The van der Waals surface area contributed by atoms with E-state index >= 15 is 0 Å². The van der Waals surface area contributed by atoms with Crippen molar-refractivity contribution in [3.63, 3.8) is 0 Å². The summed E-state index contributed by atoms with van der Waals surface area (Å²) in [5.41, 5.74) is -0.100. The van der Waals surface area contributed by atoms with E-state index in [-0.39, 0.29) is 23.2 Å². The van der Waals surface area contributed by atoms with Crippen LogP contribution in [0.1, 0.15) is 34.1 Å². The quantitative estimate of drug-likeness (QED) is 0.661. The first kappa shape index (κ1) is 11.3. The van der Waals surface area contributed by atoms with Crippen LogP contribution in [0.5, 0.6) is 0 Å². The number of rotatable bonds is 3. The summed E-state index contributed by atoms with van der Waals surface area (Å²) >= 11 is 6.01. The van der Waals surface area contributed by atoms with Gasteiger partial charge in [-0.15, -0.1) is 11.6 Å². The third-order valence-corrected chi connectivity index (χ3v) is 2.47. The van der Waals surface area contributed by atoms with E-state index in [2.05, 4.69) is 20.8 Å². The fourth-order valence-electron chi connectivity index (χ4n) is 1.50. The molecular weight excluding hydrogens is 188 g/mol. The first-order valence-electron chi connectivity index (χ1n) is 4.87. The molecule has 1 aliphatic rings. The average Bonchev–Trinajstić information content (AvgIpc) is 1.97. The van der Waals surface area contributed by atoms with Crippen LogP contribution in [0.4, 0.5) is 0 Å². The van der Waals surface area contributed by atoms with E-state index in [9.17, 15) is 0 Å². The van der Waals surface area contributed by atoms with Gasteiger partial charge in [0.2, 0.25) is 0 Å². The first-order chi connectivity index (χ1) is 5.94. The van der Waals surface area contributed by atoms with E-state index in [1.165, 1.54) is 0 Å². The standard InChI is InChI=1S/C10H19ClO2/c1-5-12-9-7(11)6-8(9)13-10(2,3)4/h7-9H,5-6H2,1-4H3. The second-order valence-corrected chi connectivity index (χ2v) is 5.00. The smallest absolute Gasteiger partial charge is 0.100 e. The molecule has 0 aromatic rings. The van der Waals surface area contributed by atoms with Crippen LogP contribution in [0.2, 0.25) is 0 Å². The van der Waals surface area contributed by atoms with Crippen molar-refractivity contribution >= 4 is 11.6 Å². The lowest BCUT2D eigenvalue weighted by Crippen LogP contribution is -2.53. The zero-order valence-electron chi connectivity index (χ0n) is 8.84. The topological polar surface area (TPSA) is 18.5 Å². The molecule has 0 heterocycles. The largest absolute Gasteiger partial charge is 0.374 e. The van der Waals surface area contributed by atoms with Gasteiger partial charge < -0.3 is 9.47 Å². The van der Waals surface area contributed by atoms with Crippen LogP contribution in [0.25, 0.3) is 0 Å². The third-order valence-electron chi connectivity index (χ3n) is 2.04. The van der Waals surface area contributed by atoms with Crippen molar-refractivity contribution in [3.8, 4) is 0 Å². The van der Waals surface area contributed by atoms with Crippen molar-refractivity contribution in [1.29, 1.82) is 0 Å². The highest BCUT2D eigenvalue weighted by Crippen LogP contribution is 2.34. The fourth-order valence-corrected chi connectivity index (χ4v) is 1.91. The van der Waals surface area contributed by atoms with Crippen molar-refractivity contribution in [2.75, 3.05) is 6.61 Å². The summed E-state index contributed by atoms with van der Waals surface area (Å²) in [4.78, 5) is 0. The number of hydrogen-bond donors (Lipinski definition) is 0. The van der Waals surface area contributed by atoms with Crippen LogP contribution in [0, 0.1) is 0 Å². The summed E-state index contributed by atoms with van der Waals surface area (Å²) in [6.07, 6.45) is 1.18. The SMILES string of the molecule is CCOC1C(Cl)CC1OC(C)(C)C. The minimum absolute atomic E-state index is 0.0888. The van der Waals surface area contributed by atoms with Gasteiger partial charge in [-0.25, -0.2) is 0 Å². The zero-order chi connectivity index (χ0) is 10.1. The van der Waals surface area contributed by atoms with Crippen LogP contribution in [-0.2, 0) is 9.47 Å². The molecule has 3 unspecified atom stereocenters. The molecule has 3 atom stereocenters. The third kappa shape index (κ3) is 3.12. The second kappa shape index (κ2) is 4.16. The summed E-state index contributed by atoms with van der Waals surface area (Å²) < 4.78 is 11.3. The monoisotopic (exact) mass is 206 g/mol. The van der Waals surface area contributed by atoms with Gasteiger partial charge in [0, 0.05) is 6.61 Å². The highest BCUT2D eigenvalue weighted by atomic mass is 35.5. The Morgan fingerprint density at radius 3 is 2.38 bits per heavy atom. The summed E-state index contributed by atoms with van der Waals surface area (Å²) in [5.74, 6) is 0. The normalized spacial score (nSPS) is 34.4. The Balaban J connectivity index is 2.36. The molecule has 0 aliphatic heterocycles. The first-order valence-corrected chi connectivity index (χ1v) is 5.31. The number of hydrogen-bond acceptors (Lipinski definition) is 2. The van der Waals surface area contributed by atoms with E-state index in [4.69, 9.17) is 21.1 Å². The molecule has 0 aromatic carbocycles. The van der Waals surface area contributed by atoms with Gasteiger partial charge in [-0.1, -0.05) is 0 Å². The zero-order valence-corrected chi connectivity index (χ0v) is 9.60. The van der Waals surface area contributed by atoms with Crippen molar-refractivity contribution in [2.24, 2.45) is 0 Å². The van der Waals surface area contributed by atoms with E-state index in [0.717, 1.165) is 6.42 Å². The predicted molar refractivity (Wildman–Crippen MR) is 54.3 cm³/mol. The van der Waals surface area contributed by atoms with Crippen molar-refractivity contribution < 1.29 is 9.47 Å². The Hall–Kier alpha value is 0.210. The molecule has 0 spiro atoms. The molecule has 1 aliphatic carbocycles. The Kier molecular flexibility index (Phi) is 3.61. The van der Waals surface area contributed by atoms with Crippen LogP contribution >= 0.6 is 11.6 Å². The van der Waals surface area contributed by atoms with Gasteiger partial charge in [-0.2, -0.15) is 0 Å². The lowest BCUT2D eigenvalue weighted by Gasteiger charge is -2.43. The maximum absolute atomic E-state index is 6.01. The summed E-state index contributed by atoms with van der Waals surface area (Å²) in [5, 5.41) is 0.132. The minimum Gasteiger partial charge on any atom is -0.374 e. The lowest BCUT2D eigenvalue weighted by atomic mass is 9.90. The maximum Gasteiger partial charge on any atom is 0.100 e. The molecule has 0 radical (unpaired) electrons. The molecule has 3 heteroatoms. The van der Waals surface area contributed by atoms with Gasteiger partial charge in [-0.3, -0.25) is 0 Å². The van der Waals surface area contributed by atoms with Crippen molar-refractivity contribution in [3.05, 3.63) is 0 Å². The van der Waals surface area contributed by atoms with E-state index in [1.54, 1.807) is 0 Å². The van der Waals surface area contributed by atoms with Crippen LogP contribution in [-0.4, -0.2) is 29.8 Å². The second-order valence-electron chi connectivity index (χ2n) is 4.44. The highest BCUT2D eigenvalue weighted by molar-refractivity contribution is 6.21. The minimum atomic E-state index is -0.100.